The summed E-state index contributed by atoms with van der Waals surface area (Å²) < 4.78 is 13.5. The summed E-state index contributed by atoms with van der Waals surface area (Å²) in [5, 5.41) is 0. The molecule has 0 aliphatic carbocycles. The molecule has 1 aromatic carbocycles. The highest BCUT2D eigenvalue weighted by molar-refractivity contribution is 9.10. The molecule has 4 heteroatoms. The summed E-state index contributed by atoms with van der Waals surface area (Å²) in [6.07, 6.45) is 1.36. The van der Waals surface area contributed by atoms with Gasteiger partial charge < -0.3 is 0 Å². The molecule has 0 N–H and O–H groups in total. The summed E-state index contributed by atoms with van der Waals surface area (Å²) in [5.74, 6) is -0.339. The van der Waals surface area contributed by atoms with Crippen molar-refractivity contribution >= 4 is 33.0 Å². The van der Waals surface area contributed by atoms with E-state index >= 15 is 0 Å². The Morgan fingerprint density at radius 2 is 2.00 bits per heavy atom. The molecule has 0 atom stereocenters. The van der Waals surface area contributed by atoms with E-state index in [2.05, 4.69) is 22.9 Å². The first kappa shape index (κ1) is 13.4. The highest BCUT2D eigenvalue weighted by atomic mass is 79.9. The van der Waals surface area contributed by atoms with Crippen LogP contribution in [0.1, 0.15) is 27.0 Å². The SMILES string of the molecule is CCc1ccc(CC(=O)c2ccc(F)cc2Br)s1. The van der Waals surface area contributed by atoms with Gasteiger partial charge in [0.1, 0.15) is 5.82 Å². The van der Waals surface area contributed by atoms with E-state index in [9.17, 15) is 9.18 Å². The Hall–Kier alpha value is -1.00. The maximum Gasteiger partial charge on any atom is 0.169 e. The molecule has 0 radical (unpaired) electrons. The Balaban J connectivity index is 2.16. The van der Waals surface area contributed by atoms with E-state index in [4.69, 9.17) is 0 Å². The van der Waals surface area contributed by atoms with E-state index in [1.807, 2.05) is 12.1 Å². The zero-order valence-corrected chi connectivity index (χ0v) is 12.3. The molecule has 18 heavy (non-hydrogen) atoms. The first-order chi connectivity index (χ1) is 8.60. The molecule has 2 aromatic rings. The van der Waals surface area contributed by atoms with E-state index < -0.39 is 0 Å². The maximum atomic E-state index is 12.9. The minimum atomic E-state index is -0.345. The van der Waals surface area contributed by atoms with Crippen LogP contribution in [0.4, 0.5) is 4.39 Å². The van der Waals surface area contributed by atoms with Crippen LogP contribution in [0.15, 0.2) is 34.8 Å². The fourth-order valence-electron chi connectivity index (χ4n) is 1.68. The number of thiophene rings is 1. The van der Waals surface area contributed by atoms with Crippen LogP contribution in [0.2, 0.25) is 0 Å². The van der Waals surface area contributed by atoms with E-state index in [1.165, 1.54) is 23.1 Å². The first-order valence-electron chi connectivity index (χ1n) is 5.66. The third kappa shape index (κ3) is 3.06. The number of carbonyl (C=O) groups excluding carboxylic acids is 1. The average Bonchev–Trinajstić information content (AvgIpc) is 2.76. The molecule has 0 spiro atoms. The molecule has 1 nitrogen and oxygen atoms in total. The summed E-state index contributed by atoms with van der Waals surface area (Å²) in [5.41, 5.74) is 0.530. The third-order valence-electron chi connectivity index (χ3n) is 2.63. The van der Waals surface area contributed by atoms with Gasteiger partial charge in [-0.3, -0.25) is 4.79 Å². The standard InChI is InChI=1S/C14H12BrFOS/c1-2-10-4-5-11(18-10)8-14(17)12-6-3-9(16)7-13(12)15/h3-7H,2,8H2,1H3. The molecule has 0 saturated carbocycles. The highest BCUT2D eigenvalue weighted by Crippen LogP contribution is 2.23. The molecule has 0 saturated heterocycles. The average molecular weight is 327 g/mol. The molecule has 0 aliphatic rings. The van der Waals surface area contributed by atoms with Crippen LogP contribution in [-0.2, 0) is 12.8 Å². The van der Waals surface area contributed by atoms with Crippen molar-refractivity contribution in [1.29, 1.82) is 0 Å². The molecule has 0 amide bonds. The molecule has 1 aromatic heterocycles. The number of halogens is 2. The first-order valence-corrected chi connectivity index (χ1v) is 7.27. The smallest absolute Gasteiger partial charge is 0.169 e. The minimum absolute atomic E-state index is 0.00591. The van der Waals surface area contributed by atoms with Crippen LogP contribution >= 0.6 is 27.3 Å². The normalized spacial score (nSPS) is 10.6. The van der Waals surface area contributed by atoms with Gasteiger partial charge in [-0.05, 0) is 52.7 Å². The number of carbonyl (C=O) groups is 1. The van der Waals surface area contributed by atoms with Crippen molar-refractivity contribution in [3.63, 3.8) is 0 Å². The fraction of sp³-hybridized carbons (Fsp3) is 0.214. The van der Waals surface area contributed by atoms with Gasteiger partial charge in [-0.15, -0.1) is 11.3 Å². The summed E-state index contributed by atoms with van der Waals surface area (Å²) >= 11 is 4.88. The van der Waals surface area contributed by atoms with Crippen LogP contribution in [0.5, 0.6) is 0 Å². The van der Waals surface area contributed by atoms with Crippen LogP contribution in [0, 0.1) is 5.82 Å². The lowest BCUT2D eigenvalue weighted by atomic mass is 10.1. The number of benzene rings is 1. The van der Waals surface area contributed by atoms with E-state index in [-0.39, 0.29) is 11.6 Å². The lowest BCUT2D eigenvalue weighted by Crippen LogP contribution is -2.03. The van der Waals surface area contributed by atoms with E-state index in [0.29, 0.717) is 16.5 Å². The maximum absolute atomic E-state index is 12.9. The van der Waals surface area contributed by atoms with Crippen LogP contribution < -0.4 is 0 Å². The quantitative estimate of drug-likeness (QED) is 0.748. The predicted molar refractivity (Wildman–Crippen MR) is 75.8 cm³/mol. The summed E-state index contributed by atoms with van der Waals surface area (Å²) in [4.78, 5) is 14.4. The van der Waals surface area contributed by atoms with Gasteiger partial charge in [0.05, 0.1) is 0 Å². The second-order valence-electron chi connectivity index (χ2n) is 3.95. The summed E-state index contributed by atoms with van der Waals surface area (Å²) in [6, 6.07) is 8.19. The topological polar surface area (TPSA) is 17.1 Å². The number of hydrogen-bond acceptors (Lipinski definition) is 2. The van der Waals surface area contributed by atoms with Gasteiger partial charge in [-0.25, -0.2) is 4.39 Å². The molecular formula is C14H12BrFOS. The van der Waals surface area contributed by atoms with Crippen molar-refractivity contribution in [2.45, 2.75) is 19.8 Å². The lowest BCUT2D eigenvalue weighted by molar-refractivity contribution is 0.0993. The van der Waals surface area contributed by atoms with Gasteiger partial charge in [-0.1, -0.05) is 6.92 Å². The zero-order valence-electron chi connectivity index (χ0n) is 9.87. The molecule has 1 heterocycles. The van der Waals surface area contributed by atoms with Crippen molar-refractivity contribution in [2.24, 2.45) is 0 Å². The highest BCUT2D eigenvalue weighted by Gasteiger charge is 2.12. The monoisotopic (exact) mass is 326 g/mol. The predicted octanol–water partition coefficient (Wildman–Crippen LogP) is 4.64. The van der Waals surface area contributed by atoms with Crippen molar-refractivity contribution in [2.75, 3.05) is 0 Å². The van der Waals surface area contributed by atoms with Crippen LogP contribution in [0.3, 0.4) is 0 Å². The number of hydrogen-bond donors (Lipinski definition) is 0. The Morgan fingerprint density at radius 1 is 1.28 bits per heavy atom. The minimum Gasteiger partial charge on any atom is -0.294 e. The molecule has 94 valence electrons. The molecule has 0 aliphatic heterocycles. The van der Waals surface area contributed by atoms with Crippen LogP contribution in [0.25, 0.3) is 0 Å². The molecule has 0 bridgehead atoms. The lowest BCUT2D eigenvalue weighted by Gasteiger charge is -2.02. The molecule has 2 rings (SSSR count). The zero-order chi connectivity index (χ0) is 13.1. The fourth-order valence-corrected chi connectivity index (χ4v) is 3.20. The summed E-state index contributed by atoms with van der Waals surface area (Å²) in [7, 11) is 0. The number of ketones is 1. The Bertz CT molecular complexity index is 577. The third-order valence-corrected chi connectivity index (χ3v) is 4.52. The second-order valence-corrected chi connectivity index (χ2v) is 6.05. The van der Waals surface area contributed by atoms with Gasteiger partial charge in [0.2, 0.25) is 0 Å². The molecule has 0 unspecified atom stereocenters. The van der Waals surface area contributed by atoms with Gasteiger partial charge in [0.15, 0.2) is 5.78 Å². The van der Waals surface area contributed by atoms with Gasteiger partial charge in [-0.2, -0.15) is 0 Å². The van der Waals surface area contributed by atoms with Gasteiger partial charge in [0.25, 0.3) is 0 Å². The van der Waals surface area contributed by atoms with Gasteiger partial charge >= 0.3 is 0 Å². The van der Waals surface area contributed by atoms with Gasteiger partial charge in [0, 0.05) is 26.2 Å². The van der Waals surface area contributed by atoms with Crippen molar-refractivity contribution in [3.05, 3.63) is 55.9 Å². The Morgan fingerprint density at radius 3 is 2.61 bits per heavy atom. The Labute approximate surface area is 118 Å². The summed E-state index contributed by atoms with van der Waals surface area (Å²) in [6.45, 7) is 2.09. The van der Waals surface area contributed by atoms with Crippen molar-refractivity contribution in [1.82, 2.24) is 0 Å². The largest absolute Gasteiger partial charge is 0.294 e. The molecular weight excluding hydrogens is 315 g/mol. The number of Topliss-reactive ketones (excluding diaryl/α,β-unsaturated/α-hetero) is 1. The van der Waals surface area contributed by atoms with Crippen molar-refractivity contribution in [3.8, 4) is 0 Å². The molecule has 0 fully saturated rings. The van der Waals surface area contributed by atoms with E-state index in [0.717, 1.165) is 11.3 Å². The Kier molecular flexibility index (Phi) is 4.30. The van der Waals surface area contributed by atoms with Crippen LogP contribution in [-0.4, -0.2) is 5.78 Å². The number of rotatable bonds is 4. The van der Waals surface area contributed by atoms with Crippen molar-refractivity contribution < 1.29 is 9.18 Å². The second kappa shape index (κ2) is 5.76. The van der Waals surface area contributed by atoms with E-state index in [1.54, 1.807) is 11.3 Å². The number of aryl methyl sites for hydroxylation is 1.